The van der Waals surface area contributed by atoms with Crippen molar-refractivity contribution in [2.45, 2.75) is 32.1 Å². The van der Waals surface area contributed by atoms with E-state index >= 15 is 0 Å². The van der Waals surface area contributed by atoms with E-state index in [0.29, 0.717) is 36.5 Å². The predicted molar refractivity (Wildman–Crippen MR) is 134 cm³/mol. The Labute approximate surface area is 210 Å². The number of hydrogen-bond donors (Lipinski definition) is 3. The molecule has 4 N–H and O–H groups in total. The van der Waals surface area contributed by atoms with Crippen LogP contribution in [0.1, 0.15) is 32.8 Å². The lowest BCUT2D eigenvalue weighted by molar-refractivity contribution is 0.0989. The molecule has 1 saturated heterocycles. The summed E-state index contributed by atoms with van der Waals surface area (Å²) >= 11 is 0. The number of nitrogens with two attached hydrogens (primary N) is 1. The topological polar surface area (TPSA) is 130 Å². The molecule has 0 saturated carbocycles. The number of nitrogens with one attached hydrogen (secondary N) is 1. The summed E-state index contributed by atoms with van der Waals surface area (Å²) in [6.45, 7) is 5.85. The van der Waals surface area contributed by atoms with Gasteiger partial charge in [-0.1, -0.05) is 6.07 Å². The number of carbonyl (C=O) groups excluding carboxylic acids is 1. The molecule has 1 amide bonds. The number of aliphatic hydroxyl groups is 1. The van der Waals surface area contributed by atoms with Crippen LogP contribution in [0.3, 0.4) is 0 Å². The fourth-order valence-electron chi connectivity index (χ4n) is 4.85. The summed E-state index contributed by atoms with van der Waals surface area (Å²) in [4.78, 5) is 25.0. The minimum atomic E-state index is -0.638. The van der Waals surface area contributed by atoms with E-state index in [1.807, 2.05) is 6.07 Å². The number of pyridine rings is 1. The highest BCUT2D eigenvalue weighted by Crippen LogP contribution is 2.25. The molecule has 1 fully saturated rings. The number of amides is 1. The number of aromatic nitrogens is 2. The molecule has 4 heterocycles. The standard InChI is InChI=1S/C26H32N6O4/c27-26(34)24-11-25(32-7-4-28-5-8-32)30-12-20(24)9-21(33)15-31-6-3-18-10-22(2-1-19(18)14-31)35-16-23-13-29-17-36-23/h1-2,10-13,17,21,28,33H,3-9,14-16H2,(H2,27,34). The Morgan fingerprint density at radius 3 is 2.83 bits per heavy atom. The lowest BCUT2D eigenvalue weighted by Crippen LogP contribution is -2.44. The van der Waals surface area contributed by atoms with Crippen LogP contribution < -0.4 is 20.7 Å². The van der Waals surface area contributed by atoms with Gasteiger partial charge in [-0.2, -0.15) is 0 Å². The zero-order valence-corrected chi connectivity index (χ0v) is 20.2. The lowest BCUT2D eigenvalue weighted by atomic mass is 9.98. The Kier molecular flexibility index (Phi) is 7.45. The van der Waals surface area contributed by atoms with Crippen molar-refractivity contribution >= 4 is 11.7 Å². The van der Waals surface area contributed by atoms with Gasteiger partial charge in [0.15, 0.2) is 12.2 Å². The molecule has 0 bridgehead atoms. The highest BCUT2D eigenvalue weighted by atomic mass is 16.5. The van der Waals surface area contributed by atoms with Crippen molar-refractivity contribution in [3.8, 4) is 5.75 Å². The number of primary amides is 1. The summed E-state index contributed by atoms with van der Waals surface area (Å²) in [5.74, 6) is 1.74. The molecule has 2 aromatic heterocycles. The normalized spacial score (nSPS) is 17.0. The number of piperazine rings is 1. The number of fused-ring (bicyclic) bond motifs is 1. The number of aliphatic hydroxyl groups excluding tert-OH is 1. The summed E-state index contributed by atoms with van der Waals surface area (Å²) < 4.78 is 11.0. The van der Waals surface area contributed by atoms with Gasteiger partial charge in [0.05, 0.1) is 12.3 Å². The highest BCUT2D eigenvalue weighted by molar-refractivity contribution is 5.95. The van der Waals surface area contributed by atoms with Crippen molar-refractivity contribution in [2.75, 3.05) is 44.2 Å². The van der Waals surface area contributed by atoms with Crippen molar-refractivity contribution in [1.29, 1.82) is 0 Å². The molecule has 1 atom stereocenters. The minimum Gasteiger partial charge on any atom is -0.486 e. The molecule has 190 valence electrons. The number of anilines is 1. The maximum atomic E-state index is 12.2. The third kappa shape index (κ3) is 5.84. The fourth-order valence-corrected chi connectivity index (χ4v) is 4.85. The Morgan fingerprint density at radius 1 is 1.19 bits per heavy atom. The van der Waals surface area contributed by atoms with Crippen LogP contribution in [-0.2, 0) is 26.0 Å². The van der Waals surface area contributed by atoms with Crippen LogP contribution in [0.2, 0.25) is 0 Å². The summed E-state index contributed by atoms with van der Waals surface area (Å²) in [6.07, 6.45) is 5.28. The maximum absolute atomic E-state index is 12.2. The maximum Gasteiger partial charge on any atom is 0.249 e. The zero-order chi connectivity index (χ0) is 24.9. The van der Waals surface area contributed by atoms with Crippen LogP contribution in [-0.4, -0.2) is 71.3 Å². The first-order valence-electron chi connectivity index (χ1n) is 12.3. The van der Waals surface area contributed by atoms with Gasteiger partial charge < -0.3 is 30.2 Å². The second-order valence-electron chi connectivity index (χ2n) is 9.33. The molecule has 5 rings (SSSR count). The average molecular weight is 493 g/mol. The quantitative estimate of drug-likeness (QED) is 0.402. The molecule has 1 unspecified atom stereocenters. The third-order valence-corrected chi connectivity index (χ3v) is 6.74. The summed E-state index contributed by atoms with van der Waals surface area (Å²) in [5, 5.41) is 14.2. The molecule has 0 aliphatic carbocycles. The molecule has 2 aliphatic rings. The second kappa shape index (κ2) is 11.1. The van der Waals surface area contributed by atoms with Gasteiger partial charge in [0.2, 0.25) is 5.91 Å². The van der Waals surface area contributed by atoms with Crippen LogP contribution in [0, 0.1) is 0 Å². The Bertz CT molecular complexity index is 1180. The van der Waals surface area contributed by atoms with E-state index < -0.39 is 12.0 Å². The Morgan fingerprint density at radius 2 is 2.06 bits per heavy atom. The monoisotopic (exact) mass is 492 g/mol. The van der Waals surface area contributed by atoms with E-state index in [4.69, 9.17) is 14.9 Å². The van der Waals surface area contributed by atoms with E-state index in [1.54, 1.807) is 18.5 Å². The third-order valence-electron chi connectivity index (χ3n) is 6.74. The minimum absolute atomic E-state index is 0.324. The van der Waals surface area contributed by atoms with Crippen molar-refractivity contribution < 1.29 is 19.1 Å². The van der Waals surface area contributed by atoms with Crippen LogP contribution in [0.25, 0.3) is 0 Å². The molecular weight excluding hydrogens is 460 g/mol. The predicted octanol–water partition coefficient (Wildman–Crippen LogP) is 1.12. The van der Waals surface area contributed by atoms with E-state index in [9.17, 15) is 9.90 Å². The molecule has 1 aromatic carbocycles. The van der Waals surface area contributed by atoms with E-state index in [2.05, 4.69) is 37.2 Å². The first-order valence-corrected chi connectivity index (χ1v) is 12.3. The first kappa shape index (κ1) is 24.2. The molecule has 36 heavy (non-hydrogen) atoms. The van der Waals surface area contributed by atoms with Gasteiger partial charge in [-0.15, -0.1) is 0 Å². The Balaban J connectivity index is 1.18. The molecule has 0 radical (unpaired) electrons. The van der Waals surface area contributed by atoms with Gasteiger partial charge >= 0.3 is 0 Å². The Hall–Kier alpha value is -3.47. The van der Waals surface area contributed by atoms with Gasteiger partial charge in [-0.05, 0) is 41.3 Å². The molecule has 0 spiro atoms. The summed E-state index contributed by atoms with van der Waals surface area (Å²) in [5.41, 5.74) is 9.26. The smallest absolute Gasteiger partial charge is 0.249 e. The number of rotatable bonds is 9. The van der Waals surface area contributed by atoms with Crippen LogP contribution in [0.15, 0.2) is 47.5 Å². The van der Waals surface area contributed by atoms with E-state index in [0.717, 1.165) is 57.3 Å². The van der Waals surface area contributed by atoms with Crippen molar-refractivity contribution in [1.82, 2.24) is 20.2 Å². The zero-order valence-electron chi connectivity index (χ0n) is 20.2. The number of carbonyl (C=O) groups is 1. The largest absolute Gasteiger partial charge is 0.486 e. The van der Waals surface area contributed by atoms with Gasteiger partial charge in [0, 0.05) is 64.0 Å². The molecule has 3 aromatic rings. The van der Waals surface area contributed by atoms with Gasteiger partial charge in [0.1, 0.15) is 18.2 Å². The second-order valence-corrected chi connectivity index (χ2v) is 9.33. The highest BCUT2D eigenvalue weighted by Gasteiger charge is 2.22. The lowest BCUT2D eigenvalue weighted by Gasteiger charge is -2.31. The molecule has 2 aliphatic heterocycles. The molecule has 10 heteroatoms. The van der Waals surface area contributed by atoms with Crippen molar-refractivity contribution in [3.63, 3.8) is 0 Å². The van der Waals surface area contributed by atoms with Crippen molar-refractivity contribution in [2.24, 2.45) is 5.73 Å². The number of benzene rings is 1. The van der Waals surface area contributed by atoms with Crippen LogP contribution in [0.5, 0.6) is 5.75 Å². The average Bonchev–Trinajstić information content (AvgIpc) is 3.42. The van der Waals surface area contributed by atoms with Crippen molar-refractivity contribution in [3.05, 3.63) is 71.1 Å². The molecular formula is C26H32N6O4. The van der Waals surface area contributed by atoms with Crippen LogP contribution in [0.4, 0.5) is 5.82 Å². The first-order chi connectivity index (χ1) is 17.5. The number of ether oxygens (including phenoxy) is 1. The van der Waals surface area contributed by atoms with Gasteiger partial charge in [0.25, 0.3) is 0 Å². The van der Waals surface area contributed by atoms with Gasteiger partial charge in [-0.3, -0.25) is 9.69 Å². The fraction of sp³-hybridized carbons (Fsp3) is 0.423. The summed E-state index contributed by atoms with van der Waals surface area (Å²) in [6, 6.07) is 7.87. The van der Waals surface area contributed by atoms with Crippen LogP contribution >= 0.6 is 0 Å². The number of oxazole rings is 1. The summed E-state index contributed by atoms with van der Waals surface area (Å²) in [7, 11) is 0. The number of nitrogens with zero attached hydrogens (tertiary/aromatic N) is 4. The van der Waals surface area contributed by atoms with Gasteiger partial charge in [-0.25, -0.2) is 9.97 Å². The van der Waals surface area contributed by atoms with E-state index in [-0.39, 0.29) is 0 Å². The number of hydrogen-bond acceptors (Lipinski definition) is 9. The van der Waals surface area contributed by atoms with E-state index in [1.165, 1.54) is 17.5 Å². The number of β-amino-alcohol motifs (C(OH)–C–C–N with tert-alkyl or cyclic N) is 1. The molecule has 10 nitrogen and oxygen atoms in total. The SMILES string of the molecule is NC(=O)c1cc(N2CCNCC2)ncc1CC(O)CN1CCc2cc(OCc3cnco3)ccc2C1.